The fraction of sp³-hybridized carbons (Fsp3) is 0.0638. The summed E-state index contributed by atoms with van der Waals surface area (Å²) in [5.41, 5.74) is 12.4. The molecule has 0 fully saturated rings. The summed E-state index contributed by atoms with van der Waals surface area (Å²) < 4.78 is 2.66. The van der Waals surface area contributed by atoms with Crippen LogP contribution >= 0.6 is 11.3 Å². The van der Waals surface area contributed by atoms with Crippen molar-refractivity contribution < 1.29 is 0 Å². The van der Waals surface area contributed by atoms with Crippen molar-refractivity contribution in [3.05, 3.63) is 169 Å². The third kappa shape index (κ3) is 4.40. The number of benzene rings is 7. The molecule has 0 spiro atoms. The second kappa shape index (κ2) is 11.1. The highest BCUT2D eigenvalue weighted by Gasteiger charge is 2.40. The number of hydrogen-bond acceptors (Lipinski definition) is 3. The Bertz CT molecular complexity index is 2790. The molecule has 9 aromatic rings. The molecule has 2 nitrogen and oxygen atoms in total. The molecular formula is C47H32N2S. The molecule has 236 valence electrons. The second-order valence-electron chi connectivity index (χ2n) is 13.8. The van der Waals surface area contributed by atoms with Crippen molar-refractivity contribution in [2.45, 2.75) is 19.3 Å². The molecule has 7 aromatic carbocycles. The van der Waals surface area contributed by atoms with E-state index in [4.69, 9.17) is 9.97 Å². The first-order chi connectivity index (χ1) is 24.5. The molecule has 0 bridgehead atoms. The molecule has 0 saturated heterocycles. The van der Waals surface area contributed by atoms with E-state index in [0.29, 0.717) is 0 Å². The molecule has 2 heterocycles. The van der Waals surface area contributed by atoms with Crippen LogP contribution in [0.1, 0.15) is 25.0 Å². The molecule has 0 radical (unpaired) electrons. The van der Waals surface area contributed by atoms with E-state index in [-0.39, 0.29) is 5.41 Å². The van der Waals surface area contributed by atoms with Gasteiger partial charge in [0.05, 0.1) is 11.4 Å². The Kier molecular flexibility index (Phi) is 6.43. The van der Waals surface area contributed by atoms with E-state index < -0.39 is 0 Å². The zero-order valence-electron chi connectivity index (χ0n) is 27.8. The Hall–Kier alpha value is -5.90. The maximum Gasteiger partial charge on any atom is 0.160 e. The molecule has 10 rings (SSSR count). The van der Waals surface area contributed by atoms with Crippen LogP contribution in [0.3, 0.4) is 0 Å². The molecule has 0 amide bonds. The number of rotatable bonds is 4. The van der Waals surface area contributed by atoms with Gasteiger partial charge >= 0.3 is 0 Å². The van der Waals surface area contributed by atoms with Crippen LogP contribution in [0.25, 0.3) is 87.1 Å². The van der Waals surface area contributed by atoms with E-state index in [9.17, 15) is 0 Å². The van der Waals surface area contributed by atoms with Gasteiger partial charge in [0, 0.05) is 53.4 Å². The van der Waals surface area contributed by atoms with E-state index in [1.165, 1.54) is 69.9 Å². The van der Waals surface area contributed by atoms with Gasteiger partial charge in [0.25, 0.3) is 0 Å². The minimum absolute atomic E-state index is 0.238. The number of thiophene rings is 1. The van der Waals surface area contributed by atoms with Crippen LogP contribution in [0.2, 0.25) is 0 Å². The van der Waals surface area contributed by atoms with Gasteiger partial charge in [0.1, 0.15) is 0 Å². The smallest absolute Gasteiger partial charge is 0.160 e. The monoisotopic (exact) mass is 656 g/mol. The Labute approximate surface area is 295 Å². The number of aromatic nitrogens is 2. The summed E-state index contributed by atoms with van der Waals surface area (Å²) in [6, 6.07) is 56.9. The van der Waals surface area contributed by atoms with Gasteiger partial charge in [-0.05, 0) is 57.3 Å². The highest BCUT2D eigenvalue weighted by molar-refractivity contribution is 7.26. The normalized spacial score (nSPS) is 13.2. The fourth-order valence-electron chi connectivity index (χ4n) is 8.04. The van der Waals surface area contributed by atoms with Gasteiger partial charge in [-0.1, -0.05) is 147 Å². The van der Waals surface area contributed by atoms with E-state index in [1.807, 2.05) is 17.4 Å². The standard InChI is InChI=1S/C47H32N2S/c1-47(2)39-24-10-8-22-36(39)44-42(47)43(48-46(49-44)29-14-4-3-5-15-29)34-20-13-18-31(27-34)30-17-12-19-32(26-30)38-28-33-16-6-7-21-35(33)41-37-23-9-11-25-40(37)50-45(38)41/h3-28H,1-2H3. The van der Waals surface area contributed by atoms with Crippen molar-refractivity contribution in [2.24, 2.45) is 0 Å². The van der Waals surface area contributed by atoms with Crippen LogP contribution in [0.4, 0.5) is 0 Å². The molecule has 1 aliphatic rings. The zero-order valence-corrected chi connectivity index (χ0v) is 28.6. The maximum atomic E-state index is 5.34. The molecule has 50 heavy (non-hydrogen) atoms. The van der Waals surface area contributed by atoms with Crippen LogP contribution in [-0.2, 0) is 5.41 Å². The minimum atomic E-state index is -0.238. The molecule has 0 unspecified atom stereocenters. The molecule has 3 heteroatoms. The summed E-state index contributed by atoms with van der Waals surface area (Å²) in [5, 5.41) is 5.25. The molecule has 1 aliphatic carbocycles. The van der Waals surface area contributed by atoms with Gasteiger partial charge in [-0.15, -0.1) is 11.3 Å². The largest absolute Gasteiger partial charge is 0.228 e. The van der Waals surface area contributed by atoms with Crippen molar-refractivity contribution in [1.29, 1.82) is 0 Å². The van der Waals surface area contributed by atoms with Crippen LogP contribution in [0, 0.1) is 0 Å². The van der Waals surface area contributed by atoms with Gasteiger partial charge in [0.2, 0.25) is 0 Å². The summed E-state index contributed by atoms with van der Waals surface area (Å²) in [4.78, 5) is 10.6. The van der Waals surface area contributed by atoms with Crippen molar-refractivity contribution in [3.8, 4) is 56.2 Å². The molecule has 2 aromatic heterocycles. The van der Waals surface area contributed by atoms with Gasteiger partial charge < -0.3 is 0 Å². The first-order valence-electron chi connectivity index (χ1n) is 17.2. The molecule has 0 N–H and O–H groups in total. The Morgan fingerprint density at radius 3 is 1.94 bits per heavy atom. The van der Waals surface area contributed by atoms with Crippen LogP contribution in [0.15, 0.2) is 158 Å². The van der Waals surface area contributed by atoms with Crippen molar-refractivity contribution in [3.63, 3.8) is 0 Å². The van der Waals surface area contributed by atoms with E-state index >= 15 is 0 Å². The van der Waals surface area contributed by atoms with Gasteiger partial charge in [-0.25, -0.2) is 9.97 Å². The van der Waals surface area contributed by atoms with Crippen LogP contribution in [0.5, 0.6) is 0 Å². The second-order valence-corrected chi connectivity index (χ2v) is 14.8. The topological polar surface area (TPSA) is 25.8 Å². The van der Waals surface area contributed by atoms with E-state index in [0.717, 1.165) is 28.3 Å². The average Bonchev–Trinajstić information content (AvgIpc) is 3.68. The summed E-state index contributed by atoms with van der Waals surface area (Å²) in [5.74, 6) is 0.753. The maximum absolute atomic E-state index is 5.34. The van der Waals surface area contributed by atoms with E-state index in [2.05, 4.69) is 166 Å². The first-order valence-corrected chi connectivity index (χ1v) is 18.0. The number of fused-ring (bicyclic) bond motifs is 8. The van der Waals surface area contributed by atoms with Gasteiger partial charge in [-0.3, -0.25) is 0 Å². The lowest BCUT2D eigenvalue weighted by Gasteiger charge is -2.24. The Balaban J connectivity index is 1.15. The summed E-state index contributed by atoms with van der Waals surface area (Å²) in [6.45, 7) is 4.61. The van der Waals surface area contributed by atoms with Crippen molar-refractivity contribution in [2.75, 3.05) is 0 Å². The summed E-state index contributed by atoms with van der Waals surface area (Å²) >= 11 is 1.89. The highest BCUT2D eigenvalue weighted by Crippen LogP contribution is 2.51. The predicted molar refractivity (Wildman–Crippen MR) is 212 cm³/mol. The lowest BCUT2D eigenvalue weighted by molar-refractivity contribution is 0.658. The molecule has 0 saturated carbocycles. The third-order valence-electron chi connectivity index (χ3n) is 10.4. The molecular weight excluding hydrogens is 625 g/mol. The van der Waals surface area contributed by atoms with Gasteiger partial charge in [-0.2, -0.15) is 0 Å². The highest BCUT2D eigenvalue weighted by atomic mass is 32.1. The summed E-state index contributed by atoms with van der Waals surface area (Å²) in [6.07, 6.45) is 0. The SMILES string of the molecule is CC1(C)c2ccccc2-c2nc(-c3ccccc3)nc(-c3cccc(-c4cccc(-c5cc6ccccc6c6c5sc5ccccc56)c4)c3)c21. The number of nitrogens with zero attached hydrogens (tertiary/aromatic N) is 2. The Morgan fingerprint density at radius 2 is 1.10 bits per heavy atom. The van der Waals surface area contributed by atoms with Crippen LogP contribution in [-0.4, -0.2) is 9.97 Å². The Morgan fingerprint density at radius 1 is 0.480 bits per heavy atom. The molecule has 0 atom stereocenters. The van der Waals surface area contributed by atoms with Crippen molar-refractivity contribution in [1.82, 2.24) is 9.97 Å². The minimum Gasteiger partial charge on any atom is -0.228 e. The third-order valence-corrected chi connectivity index (χ3v) is 11.6. The van der Waals surface area contributed by atoms with Crippen molar-refractivity contribution >= 4 is 42.3 Å². The summed E-state index contributed by atoms with van der Waals surface area (Å²) in [7, 11) is 0. The molecule has 0 aliphatic heterocycles. The van der Waals surface area contributed by atoms with Gasteiger partial charge in [0.15, 0.2) is 5.82 Å². The lowest BCUT2D eigenvalue weighted by atomic mass is 9.80. The van der Waals surface area contributed by atoms with Crippen LogP contribution < -0.4 is 0 Å². The number of hydrogen-bond donors (Lipinski definition) is 0. The predicted octanol–water partition coefficient (Wildman–Crippen LogP) is 13.0. The fourth-order valence-corrected chi connectivity index (χ4v) is 9.30. The quantitative estimate of drug-likeness (QED) is 0.188. The first kappa shape index (κ1) is 29.1. The zero-order chi connectivity index (χ0) is 33.4. The average molecular weight is 657 g/mol. The van der Waals surface area contributed by atoms with E-state index in [1.54, 1.807) is 0 Å². The lowest BCUT2D eigenvalue weighted by Crippen LogP contribution is -2.17.